The Kier molecular flexibility index (Phi) is 3.62. The Balaban J connectivity index is 1.82. The number of benzene rings is 1. The van der Waals surface area contributed by atoms with Gasteiger partial charge in [-0.2, -0.15) is 0 Å². The third-order valence-corrected chi connectivity index (χ3v) is 2.82. The van der Waals surface area contributed by atoms with Crippen molar-refractivity contribution < 1.29 is 0 Å². The largest absolute Gasteiger partial charge is 0.340 e. The molecule has 0 fully saturated rings. The lowest BCUT2D eigenvalue weighted by molar-refractivity contribution is 0.802. The fraction of sp³-hybridized carbons (Fsp3) is 0.308. The fourth-order valence-corrected chi connectivity index (χ4v) is 1.85. The molecule has 0 amide bonds. The fourth-order valence-electron chi connectivity index (χ4n) is 1.72. The molecule has 0 saturated heterocycles. The number of hydrogen-bond donors (Lipinski definition) is 0. The smallest absolute Gasteiger partial charge is 0.0946 e. The highest BCUT2D eigenvalue weighted by Crippen LogP contribution is 2.12. The van der Waals surface area contributed by atoms with Crippen molar-refractivity contribution in [2.45, 2.75) is 19.3 Å². The summed E-state index contributed by atoms with van der Waals surface area (Å²) in [6.45, 7) is 0. The standard InChI is InChI=1S/C13H15ClN2/c1-16-9-13(15-10-16)4-2-3-11-5-7-12(14)8-6-11/h5-10H,2-4H2,1H3. The molecule has 0 aliphatic carbocycles. The molecule has 84 valence electrons. The first kappa shape index (κ1) is 11.2. The summed E-state index contributed by atoms with van der Waals surface area (Å²) >= 11 is 5.83. The van der Waals surface area contributed by atoms with Gasteiger partial charge in [0.25, 0.3) is 0 Å². The van der Waals surface area contributed by atoms with Crippen LogP contribution >= 0.6 is 11.6 Å². The van der Waals surface area contributed by atoms with Gasteiger partial charge in [-0.1, -0.05) is 23.7 Å². The van der Waals surface area contributed by atoms with Crippen LogP contribution in [0.2, 0.25) is 5.02 Å². The molecule has 1 aromatic carbocycles. The van der Waals surface area contributed by atoms with Crippen molar-refractivity contribution in [1.29, 1.82) is 0 Å². The monoisotopic (exact) mass is 234 g/mol. The highest BCUT2D eigenvalue weighted by molar-refractivity contribution is 6.30. The maximum Gasteiger partial charge on any atom is 0.0946 e. The van der Waals surface area contributed by atoms with Crippen molar-refractivity contribution in [2.24, 2.45) is 7.05 Å². The predicted molar refractivity (Wildman–Crippen MR) is 66.7 cm³/mol. The van der Waals surface area contributed by atoms with Crippen LogP contribution in [0.1, 0.15) is 17.7 Å². The second kappa shape index (κ2) is 5.17. The van der Waals surface area contributed by atoms with Gasteiger partial charge >= 0.3 is 0 Å². The van der Waals surface area contributed by atoms with E-state index in [0.29, 0.717) is 0 Å². The van der Waals surface area contributed by atoms with E-state index >= 15 is 0 Å². The number of aromatic nitrogens is 2. The van der Waals surface area contributed by atoms with Crippen LogP contribution in [0.3, 0.4) is 0 Å². The molecular formula is C13H15ClN2. The van der Waals surface area contributed by atoms with Gasteiger partial charge in [0.2, 0.25) is 0 Å². The van der Waals surface area contributed by atoms with E-state index in [4.69, 9.17) is 11.6 Å². The summed E-state index contributed by atoms with van der Waals surface area (Å²) in [7, 11) is 2.00. The van der Waals surface area contributed by atoms with Gasteiger partial charge in [-0.3, -0.25) is 0 Å². The Morgan fingerprint density at radius 2 is 1.94 bits per heavy atom. The highest BCUT2D eigenvalue weighted by atomic mass is 35.5. The molecule has 0 aliphatic heterocycles. The van der Waals surface area contributed by atoms with E-state index in [2.05, 4.69) is 23.3 Å². The second-order valence-corrected chi connectivity index (χ2v) is 4.45. The van der Waals surface area contributed by atoms with Crippen LogP contribution in [0.5, 0.6) is 0 Å². The van der Waals surface area contributed by atoms with Crippen LogP contribution in [-0.2, 0) is 19.9 Å². The maximum atomic E-state index is 5.83. The zero-order valence-electron chi connectivity index (χ0n) is 9.36. The minimum absolute atomic E-state index is 0.800. The first-order valence-corrected chi connectivity index (χ1v) is 5.83. The van der Waals surface area contributed by atoms with Gasteiger partial charge in [0.15, 0.2) is 0 Å². The summed E-state index contributed by atoms with van der Waals surface area (Å²) in [4.78, 5) is 4.30. The van der Waals surface area contributed by atoms with Crippen molar-refractivity contribution in [3.05, 3.63) is 53.1 Å². The maximum absolute atomic E-state index is 5.83. The molecule has 0 spiro atoms. The number of imidazole rings is 1. The lowest BCUT2D eigenvalue weighted by atomic mass is 10.1. The molecule has 1 aromatic heterocycles. The molecule has 0 saturated carbocycles. The molecule has 2 aromatic rings. The normalized spacial score (nSPS) is 10.6. The van der Waals surface area contributed by atoms with Crippen molar-refractivity contribution >= 4 is 11.6 Å². The predicted octanol–water partition coefficient (Wildman–Crippen LogP) is 3.25. The Bertz CT molecular complexity index is 445. The minimum Gasteiger partial charge on any atom is -0.340 e. The summed E-state index contributed by atoms with van der Waals surface area (Å²) in [6.07, 6.45) is 7.15. The van der Waals surface area contributed by atoms with Crippen molar-refractivity contribution in [3.63, 3.8) is 0 Å². The zero-order valence-corrected chi connectivity index (χ0v) is 10.1. The number of aryl methyl sites for hydroxylation is 3. The Morgan fingerprint density at radius 3 is 2.56 bits per heavy atom. The van der Waals surface area contributed by atoms with Crippen LogP contribution in [-0.4, -0.2) is 9.55 Å². The molecule has 16 heavy (non-hydrogen) atoms. The molecule has 0 bridgehead atoms. The molecule has 2 nitrogen and oxygen atoms in total. The highest BCUT2D eigenvalue weighted by Gasteiger charge is 1.98. The summed E-state index contributed by atoms with van der Waals surface area (Å²) in [6, 6.07) is 8.05. The van der Waals surface area contributed by atoms with Gasteiger partial charge < -0.3 is 4.57 Å². The van der Waals surface area contributed by atoms with Gasteiger partial charge in [0.05, 0.1) is 12.0 Å². The van der Waals surface area contributed by atoms with Gasteiger partial charge in [-0.05, 0) is 37.0 Å². The first-order valence-electron chi connectivity index (χ1n) is 5.45. The van der Waals surface area contributed by atoms with Crippen molar-refractivity contribution in [3.8, 4) is 0 Å². The number of hydrogen-bond acceptors (Lipinski definition) is 1. The molecule has 3 heteroatoms. The van der Waals surface area contributed by atoms with Crippen LogP contribution < -0.4 is 0 Å². The first-order chi connectivity index (χ1) is 7.74. The molecule has 2 rings (SSSR count). The summed E-state index contributed by atoms with van der Waals surface area (Å²) < 4.78 is 1.98. The Labute approximate surface area is 101 Å². The summed E-state index contributed by atoms with van der Waals surface area (Å²) in [5.74, 6) is 0. The lowest BCUT2D eigenvalue weighted by Gasteiger charge is -2.00. The zero-order chi connectivity index (χ0) is 11.4. The van der Waals surface area contributed by atoms with Gasteiger partial charge in [-0.25, -0.2) is 4.98 Å². The third-order valence-electron chi connectivity index (χ3n) is 2.57. The average Bonchev–Trinajstić information content (AvgIpc) is 2.67. The van der Waals surface area contributed by atoms with Crippen LogP contribution in [0.25, 0.3) is 0 Å². The van der Waals surface area contributed by atoms with Gasteiger partial charge in [0.1, 0.15) is 0 Å². The van der Waals surface area contributed by atoms with Crippen molar-refractivity contribution in [1.82, 2.24) is 9.55 Å². The number of nitrogens with zero attached hydrogens (tertiary/aromatic N) is 2. The Hall–Kier alpha value is -1.28. The molecule has 0 N–H and O–H groups in total. The van der Waals surface area contributed by atoms with E-state index in [1.165, 1.54) is 5.56 Å². The van der Waals surface area contributed by atoms with E-state index in [-0.39, 0.29) is 0 Å². The van der Waals surface area contributed by atoms with Crippen LogP contribution in [0.4, 0.5) is 0 Å². The SMILES string of the molecule is Cn1cnc(CCCc2ccc(Cl)cc2)c1. The average molecular weight is 235 g/mol. The Morgan fingerprint density at radius 1 is 1.19 bits per heavy atom. The van der Waals surface area contributed by atoms with E-state index in [0.717, 1.165) is 30.0 Å². The number of rotatable bonds is 4. The molecule has 0 aliphatic rings. The summed E-state index contributed by atoms with van der Waals surface area (Å²) in [5, 5.41) is 0.800. The topological polar surface area (TPSA) is 17.8 Å². The van der Waals surface area contributed by atoms with E-state index in [1.807, 2.05) is 30.1 Å². The molecular weight excluding hydrogens is 220 g/mol. The quantitative estimate of drug-likeness (QED) is 0.794. The van der Waals surface area contributed by atoms with E-state index < -0.39 is 0 Å². The third kappa shape index (κ3) is 3.11. The van der Waals surface area contributed by atoms with Crippen molar-refractivity contribution in [2.75, 3.05) is 0 Å². The van der Waals surface area contributed by atoms with Crippen LogP contribution in [0, 0.1) is 0 Å². The van der Waals surface area contributed by atoms with E-state index in [9.17, 15) is 0 Å². The number of halogens is 1. The molecule has 0 radical (unpaired) electrons. The molecule has 0 unspecified atom stereocenters. The van der Waals surface area contributed by atoms with Gasteiger partial charge in [0, 0.05) is 18.3 Å². The molecule has 0 atom stereocenters. The second-order valence-electron chi connectivity index (χ2n) is 4.01. The van der Waals surface area contributed by atoms with Crippen LogP contribution in [0.15, 0.2) is 36.8 Å². The van der Waals surface area contributed by atoms with Gasteiger partial charge in [-0.15, -0.1) is 0 Å². The summed E-state index contributed by atoms with van der Waals surface area (Å²) in [5.41, 5.74) is 2.50. The minimum atomic E-state index is 0.800. The van der Waals surface area contributed by atoms with E-state index in [1.54, 1.807) is 0 Å². The lowest BCUT2D eigenvalue weighted by Crippen LogP contribution is -1.90. The molecule has 1 heterocycles.